The van der Waals surface area contributed by atoms with Crippen LogP contribution >= 0.6 is 22.7 Å². The minimum Gasteiger partial charge on any atom is -0.451 e. The van der Waals surface area contributed by atoms with Crippen molar-refractivity contribution < 1.29 is 14.3 Å². The summed E-state index contributed by atoms with van der Waals surface area (Å²) in [5.74, 6) is -0.689. The fourth-order valence-electron chi connectivity index (χ4n) is 2.34. The first-order valence-electron chi connectivity index (χ1n) is 7.71. The molecular formula is C19H17NO3S2. The number of amides is 1. The highest BCUT2D eigenvalue weighted by Crippen LogP contribution is 2.28. The third kappa shape index (κ3) is 4.35. The van der Waals surface area contributed by atoms with Crippen LogP contribution < -0.4 is 0 Å². The number of carbonyl (C=O) groups excluding carboxylic acids is 2. The van der Waals surface area contributed by atoms with Gasteiger partial charge in [-0.3, -0.25) is 4.79 Å². The van der Waals surface area contributed by atoms with Crippen molar-refractivity contribution in [2.24, 2.45) is 0 Å². The lowest BCUT2D eigenvalue weighted by atomic mass is 10.1. The fraction of sp³-hybridized carbons (Fsp3) is 0.158. The zero-order valence-corrected chi connectivity index (χ0v) is 15.3. The molecule has 0 aliphatic carbocycles. The molecule has 1 amide bonds. The van der Waals surface area contributed by atoms with Crippen molar-refractivity contribution in [3.05, 3.63) is 69.0 Å². The zero-order valence-electron chi connectivity index (χ0n) is 13.7. The Morgan fingerprint density at radius 3 is 2.52 bits per heavy atom. The van der Waals surface area contributed by atoms with Crippen molar-refractivity contribution in [2.45, 2.75) is 6.54 Å². The van der Waals surface area contributed by atoms with Crippen LogP contribution in [0.2, 0.25) is 0 Å². The van der Waals surface area contributed by atoms with E-state index in [9.17, 15) is 9.59 Å². The molecule has 0 saturated carbocycles. The predicted molar refractivity (Wildman–Crippen MR) is 101 cm³/mol. The van der Waals surface area contributed by atoms with Crippen molar-refractivity contribution in [1.29, 1.82) is 0 Å². The minimum absolute atomic E-state index is 0.223. The number of hydrogen-bond acceptors (Lipinski definition) is 5. The van der Waals surface area contributed by atoms with Crippen LogP contribution in [-0.4, -0.2) is 30.4 Å². The van der Waals surface area contributed by atoms with Gasteiger partial charge in [0.1, 0.15) is 4.88 Å². The van der Waals surface area contributed by atoms with E-state index < -0.39 is 5.97 Å². The third-order valence-corrected chi connectivity index (χ3v) is 5.42. The lowest BCUT2D eigenvalue weighted by Crippen LogP contribution is -2.30. The molecule has 0 saturated heterocycles. The molecule has 0 aliphatic rings. The van der Waals surface area contributed by atoms with E-state index in [4.69, 9.17) is 4.74 Å². The van der Waals surface area contributed by atoms with Gasteiger partial charge in [0.25, 0.3) is 5.91 Å². The Hall–Kier alpha value is -2.44. The van der Waals surface area contributed by atoms with Crippen molar-refractivity contribution in [3.8, 4) is 11.1 Å². The summed E-state index contributed by atoms with van der Waals surface area (Å²) in [7, 11) is 1.70. The molecule has 0 atom stereocenters. The predicted octanol–water partition coefficient (Wildman–Crippen LogP) is 4.29. The summed E-state index contributed by atoms with van der Waals surface area (Å²) in [6.07, 6.45) is 0. The van der Waals surface area contributed by atoms with Gasteiger partial charge in [-0.25, -0.2) is 4.79 Å². The highest BCUT2D eigenvalue weighted by Gasteiger charge is 2.18. The number of benzene rings is 1. The Labute approximate surface area is 154 Å². The highest BCUT2D eigenvalue weighted by atomic mass is 32.1. The number of rotatable bonds is 6. The molecule has 25 heavy (non-hydrogen) atoms. The lowest BCUT2D eigenvalue weighted by molar-refractivity contribution is -0.133. The van der Waals surface area contributed by atoms with Gasteiger partial charge in [-0.15, -0.1) is 22.7 Å². The molecule has 3 aromatic rings. The Morgan fingerprint density at radius 2 is 1.80 bits per heavy atom. The number of nitrogens with zero attached hydrogens (tertiary/aromatic N) is 1. The highest BCUT2D eigenvalue weighted by molar-refractivity contribution is 7.12. The molecule has 0 aliphatic heterocycles. The first-order chi connectivity index (χ1) is 12.1. The quantitative estimate of drug-likeness (QED) is 0.607. The number of hydrogen-bond donors (Lipinski definition) is 0. The van der Waals surface area contributed by atoms with Crippen molar-refractivity contribution >= 4 is 34.6 Å². The van der Waals surface area contributed by atoms with Gasteiger partial charge in [0.2, 0.25) is 0 Å². The SMILES string of the molecule is CN(Cc1cccs1)C(=O)COC(=O)c1sccc1-c1ccccc1. The number of thiophene rings is 2. The van der Waals surface area contributed by atoms with E-state index in [2.05, 4.69) is 0 Å². The second-order valence-electron chi connectivity index (χ2n) is 5.43. The molecule has 0 unspecified atom stereocenters. The van der Waals surface area contributed by atoms with Crippen molar-refractivity contribution in [3.63, 3.8) is 0 Å². The molecule has 0 spiro atoms. The van der Waals surface area contributed by atoms with E-state index in [0.717, 1.165) is 16.0 Å². The van der Waals surface area contributed by atoms with Crippen LogP contribution in [0.4, 0.5) is 0 Å². The van der Waals surface area contributed by atoms with E-state index in [0.29, 0.717) is 11.4 Å². The first-order valence-corrected chi connectivity index (χ1v) is 9.47. The Bertz CT molecular complexity index is 841. The van der Waals surface area contributed by atoms with Gasteiger partial charge in [-0.1, -0.05) is 36.4 Å². The lowest BCUT2D eigenvalue weighted by Gasteiger charge is -2.16. The van der Waals surface area contributed by atoms with Gasteiger partial charge < -0.3 is 9.64 Å². The Balaban J connectivity index is 1.60. The van der Waals surface area contributed by atoms with Crippen molar-refractivity contribution in [2.75, 3.05) is 13.7 Å². The van der Waals surface area contributed by atoms with Gasteiger partial charge in [-0.2, -0.15) is 0 Å². The number of carbonyl (C=O) groups is 2. The van der Waals surface area contributed by atoms with Crippen LogP contribution in [0.15, 0.2) is 59.3 Å². The smallest absolute Gasteiger partial charge is 0.349 e. The molecule has 2 heterocycles. The maximum absolute atomic E-state index is 12.4. The van der Waals surface area contributed by atoms with Gasteiger partial charge in [0.15, 0.2) is 6.61 Å². The summed E-state index contributed by atoms with van der Waals surface area (Å²) in [6, 6.07) is 15.5. The summed E-state index contributed by atoms with van der Waals surface area (Å²) in [6.45, 7) is 0.259. The molecular weight excluding hydrogens is 354 g/mol. The maximum atomic E-state index is 12.4. The molecule has 4 nitrogen and oxygen atoms in total. The number of likely N-dealkylation sites (N-methyl/N-ethyl adjacent to an activating group) is 1. The minimum atomic E-state index is -0.466. The molecule has 0 bridgehead atoms. The van der Waals surface area contributed by atoms with Crippen LogP contribution in [0.1, 0.15) is 14.5 Å². The molecule has 0 N–H and O–H groups in total. The van der Waals surface area contributed by atoms with Gasteiger partial charge in [0, 0.05) is 17.5 Å². The average Bonchev–Trinajstić information content (AvgIpc) is 3.31. The Morgan fingerprint density at radius 1 is 1.00 bits per heavy atom. The molecule has 0 fully saturated rings. The van der Waals surface area contributed by atoms with Gasteiger partial charge in [0.05, 0.1) is 6.54 Å². The average molecular weight is 371 g/mol. The summed E-state index contributed by atoms with van der Waals surface area (Å²) in [5, 5.41) is 3.82. The first kappa shape index (κ1) is 17.4. The van der Waals surface area contributed by atoms with Crippen LogP contribution in [0.5, 0.6) is 0 Å². The van der Waals surface area contributed by atoms with Crippen LogP contribution in [0, 0.1) is 0 Å². The second kappa shape index (κ2) is 8.09. The topological polar surface area (TPSA) is 46.6 Å². The van der Waals surface area contributed by atoms with E-state index >= 15 is 0 Å². The maximum Gasteiger partial charge on any atom is 0.349 e. The molecule has 3 rings (SSSR count). The second-order valence-corrected chi connectivity index (χ2v) is 7.38. The van der Waals surface area contributed by atoms with Crippen molar-refractivity contribution in [1.82, 2.24) is 4.90 Å². The van der Waals surface area contributed by atoms with Gasteiger partial charge >= 0.3 is 5.97 Å². The van der Waals surface area contributed by atoms with Gasteiger partial charge in [-0.05, 0) is 28.5 Å². The standard InChI is InChI=1S/C19H17NO3S2/c1-20(12-15-8-5-10-24-15)17(21)13-23-19(22)18-16(9-11-25-18)14-6-3-2-4-7-14/h2-11H,12-13H2,1H3. The monoisotopic (exact) mass is 371 g/mol. The molecule has 1 aromatic carbocycles. The van der Waals surface area contributed by atoms with E-state index in [1.807, 2.05) is 59.3 Å². The van der Waals surface area contributed by atoms with Crippen LogP contribution in [0.3, 0.4) is 0 Å². The third-order valence-electron chi connectivity index (χ3n) is 3.66. The summed E-state index contributed by atoms with van der Waals surface area (Å²) in [5.41, 5.74) is 1.78. The summed E-state index contributed by atoms with van der Waals surface area (Å²) >= 11 is 2.91. The van der Waals surface area contributed by atoms with Crippen LogP contribution in [-0.2, 0) is 16.1 Å². The zero-order chi connectivity index (χ0) is 17.6. The Kier molecular flexibility index (Phi) is 5.63. The fourth-order valence-corrected chi connectivity index (χ4v) is 3.91. The molecule has 6 heteroatoms. The van der Waals surface area contributed by atoms with E-state index in [-0.39, 0.29) is 12.5 Å². The molecule has 2 aromatic heterocycles. The molecule has 128 valence electrons. The largest absolute Gasteiger partial charge is 0.451 e. The number of ether oxygens (including phenoxy) is 1. The van der Waals surface area contributed by atoms with E-state index in [1.165, 1.54) is 11.3 Å². The normalized spacial score (nSPS) is 10.4. The summed E-state index contributed by atoms with van der Waals surface area (Å²) in [4.78, 5) is 27.7. The molecule has 0 radical (unpaired) electrons. The summed E-state index contributed by atoms with van der Waals surface area (Å²) < 4.78 is 5.23. The number of esters is 1. The van der Waals surface area contributed by atoms with E-state index in [1.54, 1.807) is 23.3 Å². The van der Waals surface area contributed by atoms with Crippen LogP contribution in [0.25, 0.3) is 11.1 Å².